The van der Waals surface area contributed by atoms with E-state index >= 15 is 0 Å². The maximum atomic E-state index is 9.16. The van der Waals surface area contributed by atoms with Gasteiger partial charge < -0.3 is 10.4 Å². The molecule has 0 radical (unpaired) electrons. The lowest BCUT2D eigenvalue weighted by atomic mass is 10.2. The molecule has 0 unspecified atom stereocenters. The van der Waals surface area contributed by atoms with Crippen molar-refractivity contribution in [2.45, 2.75) is 13.5 Å². The van der Waals surface area contributed by atoms with Crippen LogP contribution < -0.4 is 5.32 Å². The zero-order chi connectivity index (χ0) is 12.3. The monoisotopic (exact) mass is 249 g/mol. The molecule has 0 spiro atoms. The SMILES string of the molecule is Cc1cnc(Cl)nc1NCc1ccc(O)cc1. The van der Waals surface area contributed by atoms with Gasteiger partial charge in [-0.2, -0.15) is 0 Å². The molecule has 2 aromatic rings. The molecule has 4 nitrogen and oxygen atoms in total. The molecule has 17 heavy (non-hydrogen) atoms. The van der Waals surface area contributed by atoms with Crippen LogP contribution in [0.15, 0.2) is 30.5 Å². The molecule has 0 amide bonds. The van der Waals surface area contributed by atoms with Crippen LogP contribution in [-0.4, -0.2) is 15.1 Å². The van der Waals surface area contributed by atoms with Crippen LogP contribution in [0.5, 0.6) is 5.75 Å². The van der Waals surface area contributed by atoms with E-state index in [0.29, 0.717) is 6.54 Å². The van der Waals surface area contributed by atoms with Gasteiger partial charge >= 0.3 is 0 Å². The number of aromatic hydroxyl groups is 1. The Labute approximate surface area is 104 Å². The molecule has 0 aliphatic rings. The third-order valence-electron chi connectivity index (χ3n) is 2.34. The van der Waals surface area contributed by atoms with Crippen LogP contribution in [0.25, 0.3) is 0 Å². The van der Waals surface area contributed by atoms with Gasteiger partial charge in [-0.1, -0.05) is 12.1 Å². The molecule has 2 rings (SSSR count). The lowest BCUT2D eigenvalue weighted by Crippen LogP contribution is -2.03. The normalized spacial score (nSPS) is 10.2. The van der Waals surface area contributed by atoms with E-state index < -0.39 is 0 Å². The van der Waals surface area contributed by atoms with Crippen LogP contribution in [0.3, 0.4) is 0 Å². The molecule has 1 heterocycles. The Kier molecular flexibility index (Phi) is 3.44. The summed E-state index contributed by atoms with van der Waals surface area (Å²) in [7, 11) is 0. The van der Waals surface area contributed by atoms with Gasteiger partial charge in [0.15, 0.2) is 0 Å². The molecule has 0 saturated carbocycles. The summed E-state index contributed by atoms with van der Waals surface area (Å²) >= 11 is 5.72. The standard InChI is InChI=1S/C12H12ClN3O/c1-8-6-15-12(13)16-11(8)14-7-9-2-4-10(17)5-3-9/h2-6,17H,7H2,1H3,(H,14,15,16). The summed E-state index contributed by atoms with van der Waals surface area (Å²) in [5.41, 5.74) is 1.99. The Balaban J connectivity index is 2.07. The molecule has 0 fully saturated rings. The summed E-state index contributed by atoms with van der Waals surface area (Å²) in [4.78, 5) is 7.99. The van der Waals surface area contributed by atoms with E-state index in [1.54, 1.807) is 18.3 Å². The summed E-state index contributed by atoms with van der Waals surface area (Å²) in [6.45, 7) is 2.53. The summed E-state index contributed by atoms with van der Waals surface area (Å²) < 4.78 is 0. The number of rotatable bonds is 3. The van der Waals surface area contributed by atoms with Gasteiger partial charge in [0.05, 0.1) is 0 Å². The lowest BCUT2D eigenvalue weighted by molar-refractivity contribution is 0.475. The number of aromatic nitrogens is 2. The number of halogens is 1. The molecule has 0 aliphatic carbocycles. The summed E-state index contributed by atoms with van der Waals surface area (Å²) in [5.74, 6) is 0.980. The highest BCUT2D eigenvalue weighted by Gasteiger charge is 2.02. The first-order valence-corrected chi connectivity index (χ1v) is 5.54. The first-order chi connectivity index (χ1) is 8.15. The van der Waals surface area contributed by atoms with Gasteiger partial charge in [0.1, 0.15) is 11.6 Å². The second-order valence-electron chi connectivity index (χ2n) is 3.69. The van der Waals surface area contributed by atoms with Gasteiger partial charge in [-0.15, -0.1) is 0 Å². The molecule has 0 atom stereocenters. The van der Waals surface area contributed by atoms with Crippen molar-refractivity contribution in [3.8, 4) is 5.75 Å². The minimum Gasteiger partial charge on any atom is -0.508 e. The van der Waals surface area contributed by atoms with Gasteiger partial charge in [0.25, 0.3) is 0 Å². The largest absolute Gasteiger partial charge is 0.508 e. The molecule has 0 saturated heterocycles. The number of hydrogen-bond donors (Lipinski definition) is 2. The number of benzene rings is 1. The first kappa shape index (κ1) is 11.7. The summed E-state index contributed by atoms with van der Waals surface area (Å²) in [5, 5.41) is 12.6. The predicted molar refractivity (Wildman–Crippen MR) is 67.2 cm³/mol. The Morgan fingerprint density at radius 3 is 2.71 bits per heavy atom. The van der Waals surface area contributed by atoms with E-state index in [4.69, 9.17) is 16.7 Å². The van der Waals surface area contributed by atoms with Gasteiger partial charge in [0.2, 0.25) is 5.28 Å². The number of phenolic OH excluding ortho intramolecular Hbond substituents is 1. The minimum atomic E-state index is 0.226. The van der Waals surface area contributed by atoms with E-state index in [1.807, 2.05) is 19.1 Å². The highest BCUT2D eigenvalue weighted by molar-refractivity contribution is 6.28. The van der Waals surface area contributed by atoms with Crippen molar-refractivity contribution < 1.29 is 5.11 Å². The van der Waals surface area contributed by atoms with Crippen molar-refractivity contribution in [1.82, 2.24) is 9.97 Å². The van der Waals surface area contributed by atoms with Gasteiger partial charge in [0, 0.05) is 18.3 Å². The predicted octanol–water partition coefficient (Wildman–Crippen LogP) is 2.76. The number of hydrogen-bond acceptors (Lipinski definition) is 4. The molecule has 2 N–H and O–H groups in total. The second kappa shape index (κ2) is 5.01. The Morgan fingerprint density at radius 1 is 1.29 bits per heavy atom. The van der Waals surface area contributed by atoms with Crippen LogP contribution in [0.2, 0.25) is 5.28 Å². The zero-order valence-electron chi connectivity index (χ0n) is 9.31. The maximum Gasteiger partial charge on any atom is 0.224 e. The fourth-order valence-electron chi connectivity index (χ4n) is 1.40. The fraction of sp³-hybridized carbons (Fsp3) is 0.167. The summed E-state index contributed by atoms with van der Waals surface area (Å²) in [6.07, 6.45) is 1.68. The molecular weight excluding hydrogens is 238 g/mol. The quantitative estimate of drug-likeness (QED) is 0.822. The van der Waals surface area contributed by atoms with E-state index in [-0.39, 0.29) is 11.0 Å². The molecule has 88 valence electrons. The van der Waals surface area contributed by atoms with Crippen LogP contribution in [-0.2, 0) is 6.54 Å². The number of nitrogens with zero attached hydrogens (tertiary/aromatic N) is 2. The average molecular weight is 250 g/mol. The van der Waals surface area contributed by atoms with E-state index in [0.717, 1.165) is 16.9 Å². The van der Waals surface area contributed by atoms with Crippen molar-refractivity contribution >= 4 is 17.4 Å². The Morgan fingerprint density at radius 2 is 2.00 bits per heavy atom. The molecular formula is C12H12ClN3O. The maximum absolute atomic E-state index is 9.16. The van der Waals surface area contributed by atoms with Crippen molar-refractivity contribution in [1.29, 1.82) is 0 Å². The molecule has 1 aromatic heterocycles. The van der Waals surface area contributed by atoms with E-state index in [1.165, 1.54) is 0 Å². The van der Waals surface area contributed by atoms with Crippen molar-refractivity contribution in [3.63, 3.8) is 0 Å². The smallest absolute Gasteiger partial charge is 0.224 e. The number of phenols is 1. The second-order valence-corrected chi connectivity index (χ2v) is 4.03. The third-order valence-corrected chi connectivity index (χ3v) is 2.52. The highest BCUT2D eigenvalue weighted by Crippen LogP contribution is 2.15. The lowest BCUT2D eigenvalue weighted by Gasteiger charge is -2.08. The molecule has 0 bridgehead atoms. The van der Waals surface area contributed by atoms with Crippen LogP contribution in [0, 0.1) is 6.92 Å². The zero-order valence-corrected chi connectivity index (χ0v) is 10.1. The van der Waals surface area contributed by atoms with Gasteiger partial charge in [-0.05, 0) is 36.2 Å². The summed E-state index contributed by atoms with van der Waals surface area (Å²) in [6, 6.07) is 6.99. The first-order valence-electron chi connectivity index (χ1n) is 5.16. The van der Waals surface area contributed by atoms with Crippen LogP contribution in [0.4, 0.5) is 5.82 Å². The van der Waals surface area contributed by atoms with Crippen molar-refractivity contribution in [3.05, 3.63) is 46.9 Å². The van der Waals surface area contributed by atoms with E-state index in [2.05, 4.69) is 15.3 Å². The number of aryl methyl sites for hydroxylation is 1. The molecule has 5 heteroatoms. The average Bonchev–Trinajstić information content (AvgIpc) is 2.32. The van der Waals surface area contributed by atoms with Crippen LogP contribution >= 0.6 is 11.6 Å². The van der Waals surface area contributed by atoms with Crippen LogP contribution in [0.1, 0.15) is 11.1 Å². The molecule has 1 aromatic carbocycles. The van der Waals surface area contributed by atoms with E-state index in [9.17, 15) is 0 Å². The van der Waals surface area contributed by atoms with Crippen molar-refractivity contribution in [2.75, 3.05) is 5.32 Å². The Hall–Kier alpha value is -1.81. The molecule has 0 aliphatic heterocycles. The fourth-order valence-corrected chi connectivity index (χ4v) is 1.53. The highest BCUT2D eigenvalue weighted by atomic mass is 35.5. The van der Waals surface area contributed by atoms with Gasteiger partial charge in [-0.3, -0.25) is 0 Å². The Bertz CT molecular complexity index is 514. The van der Waals surface area contributed by atoms with Crippen molar-refractivity contribution in [2.24, 2.45) is 0 Å². The number of nitrogens with one attached hydrogen (secondary N) is 1. The topological polar surface area (TPSA) is 58.0 Å². The van der Waals surface area contributed by atoms with Gasteiger partial charge in [-0.25, -0.2) is 9.97 Å². The number of anilines is 1. The third kappa shape index (κ3) is 3.07. The minimum absolute atomic E-state index is 0.226.